The van der Waals surface area contributed by atoms with Gasteiger partial charge < -0.3 is 15.5 Å². The quantitative estimate of drug-likeness (QED) is 0.705. The largest absolute Gasteiger partial charge is 0.497 e. The fraction of sp³-hybridized carbons (Fsp3) is 0.375. The summed E-state index contributed by atoms with van der Waals surface area (Å²) in [5.74, 6) is 0.929. The van der Waals surface area contributed by atoms with Crippen molar-refractivity contribution in [2.45, 2.75) is 51.0 Å². The summed E-state index contributed by atoms with van der Waals surface area (Å²) in [6.45, 7) is 0. The summed E-state index contributed by atoms with van der Waals surface area (Å²) < 4.78 is 5.43. The topological polar surface area (TPSA) is 65.7 Å². The number of nitrogens with one attached hydrogen (secondary N) is 1. The molecule has 1 saturated carbocycles. The first-order chi connectivity index (χ1) is 13.3. The predicted octanol–water partition coefficient (Wildman–Crippen LogP) is 4.93. The molecule has 28 heavy (non-hydrogen) atoms. The van der Waals surface area contributed by atoms with Gasteiger partial charge in [0.1, 0.15) is 5.75 Å². The van der Waals surface area contributed by atoms with Crippen LogP contribution in [0.5, 0.6) is 5.75 Å². The standard InChI is InChI=1S/C24H26N2O.H2O/c1-27-18-12-14-19-16(15-18)11-13-21-23(19)26-22-10-6-5-9-20(22)24(21)25-17-7-3-2-4-8-17;/h5-6,9-10,12,14-15,17H,2-4,7-8,11,13H2,1H3,(H,25,26);1H2. The number of benzene rings is 2. The summed E-state index contributed by atoms with van der Waals surface area (Å²) in [5, 5.41) is 5.20. The Morgan fingerprint density at radius 2 is 1.82 bits per heavy atom. The maximum absolute atomic E-state index is 5.43. The molecule has 1 aromatic heterocycles. The minimum absolute atomic E-state index is 0. The predicted molar refractivity (Wildman–Crippen MR) is 115 cm³/mol. The Hall–Kier alpha value is -2.59. The van der Waals surface area contributed by atoms with Gasteiger partial charge in [-0.25, -0.2) is 4.98 Å². The van der Waals surface area contributed by atoms with Crippen LogP contribution in [0.1, 0.15) is 43.2 Å². The molecule has 3 aromatic rings. The molecule has 0 spiro atoms. The second kappa shape index (κ2) is 7.80. The summed E-state index contributed by atoms with van der Waals surface area (Å²) in [7, 11) is 1.73. The number of rotatable bonds is 3. The van der Waals surface area contributed by atoms with Crippen molar-refractivity contribution in [1.82, 2.24) is 4.98 Å². The molecule has 0 bridgehead atoms. The number of hydrogen-bond donors (Lipinski definition) is 1. The Morgan fingerprint density at radius 1 is 1.00 bits per heavy atom. The van der Waals surface area contributed by atoms with Gasteiger partial charge in [0, 0.05) is 28.2 Å². The number of nitrogens with zero attached hydrogens (tertiary/aromatic N) is 1. The van der Waals surface area contributed by atoms with E-state index in [0.29, 0.717) is 6.04 Å². The molecule has 1 fully saturated rings. The molecular weight excluding hydrogens is 348 g/mol. The Labute approximate surface area is 166 Å². The fourth-order valence-electron chi connectivity index (χ4n) is 4.73. The first-order valence-electron chi connectivity index (χ1n) is 10.2. The molecule has 0 aliphatic heterocycles. The Morgan fingerprint density at radius 3 is 2.64 bits per heavy atom. The Balaban J connectivity index is 0.00000192. The van der Waals surface area contributed by atoms with Crippen LogP contribution < -0.4 is 10.1 Å². The van der Waals surface area contributed by atoms with Gasteiger partial charge in [0.2, 0.25) is 0 Å². The lowest BCUT2D eigenvalue weighted by Crippen LogP contribution is -2.24. The second-order valence-corrected chi connectivity index (χ2v) is 7.83. The van der Waals surface area contributed by atoms with Crippen LogP contribution in [0.15, 0.2) is 42.5 Å². The summed E-state index contributed by atoms with van der Waals surface area (Å²) in [5.41, 5.74) is 7.54. The minimum atomic E-state index is 0. The number of aromatic nitrogens is 1. The van der Waals surface area contributed by atoms with Gasteiger partial charge in [-0.05, 0) is 55.5 Å². The molecule has 2 aliphatic rings. The zero-order valence-electron chi connectivity index (χ0n) is 16.4. The van der Waals surface area contributed by atoms with Crippen LogP contribution in [0.3, 0.4) is 0 Å². The molecule has 0 radical (unpaired) electrons. The zero-order chi connectivity index (χ0) is 18.2. The van der Waals surface area contributed by atoms with Crippen molar-refractivity contribution < 1.29 is 10.2 Å². The molecule has 5 rings (SSSR count). The summed E-state index contributed by atoms with van der Waals surface area (Å²) in [6.07, 6.45) is 8.68. The Kier molecular flexibility index (Phi) is 5.23. The van der Waals surface area contributed by atoms with Crippen molar-refractivity contribution in [2.75, 3.05) is 12.4 Å². The normalized spacial score (nSPS) is 16.0. The van der Waals surface area contributed by atoms with Crippen molar-refractivity contribution in [3.05, 3.63) is 53.6 Å². The third-order valence-corrected chi connectivity index (χ3v) is 6.16. The van der Waals surface area contributed by atoms with Gasteiger partial charge in [-0.3, -0.25) is 0 Å². The highest BCUT2D eigenvalue weighted by Gasteiger charge is 2.24. The van der Waals surface area contributed by atoms with E-state index in [2.05, 4.69) is 47.8 Å². The first kappa shape index (κ1) is 18.8. The van der Waals surface area contributed by atoms with Crippen LogP contribution in [-0.2, 0) is 12.8 Å². The van der Waals surface area contributed by atoms with E-state index in [9.17, 15) is 0 Å². The van der Waals surface area contributed by atoms with Crippen molar-refractivity contribution in [2.24, 2.45) is 0 Å². The van der Waals surface area contributed by atoms with Crippen LogP contribution in [0.2, 0.25) is 0 Å². The number of pyridine rings is 1. The van der Waals surface area contributed by atoms with E-state index < -0.39 is 0 Å². The molecule has 3 N–H and O–H groups in total. The summed E-state index contributed by atoms with van der Waals surface area (Å²) in [6, 6.07) is 15.6. The van der Waals surface area contributed by atoms with Gasteiger partial charge in [0.05, 0.1) is 18.3 Å². The molecule has 1 heterocycles. The molecular formula is C24H28N2O2. The van der Waals surface area contributed by atoms with Crippen molar-refractivity contribution in [3.8, 4) is 17.0 Å². The molecule has 4 nitrogen and oxygen atoms in total. The molecule has 2 aromatic carbocycles. The van der Waals surface area contributed by atoms with Gasteiger partial charge in [-0.1, -0.05) is 37.5 Å². The molecule has 4 heteroatoms. The van der Waals surface area contributed by atoms with E-state index in [1.165, 1.54) is 59.9 Å². The van der Waals surface area contributed by atoms with Crippen LogP contribution in [0.25, 0.3) is 22.2 Å². The van der Waals surface area contributed by atoms with Crippen LogP contribution in [0, 0.1) is 0 Å². The SMILES string of the molecule is COc1ccc2c(c1)CCc1c-2nc2ccccc2c1NC1CCCCC1.O. The van der Waals surface area contributed by atoms with E-state index in [1.807, 2.05) is 0 Å². The zero-order valence-corrected chi connectivity index (χ0v) is 16.4. The first-order valence-corrected chi connectivity index (χ1v) is 10.2. The number of ether oxygens (including phenoxy) is 1. The number of para-hydroxylation sites is 1. The van der Waals surface area contributed by atoms with E-state index in [4.69, 9.17) is 9.72 Å². The monoisotopic (exact) mass is 376 g/mol. The van der Waals surface area contributed by atoms with E-state index in [1.54, 1.807) is 7.11 Å². The van der Waals surface area contributed by atoms with Crippen LogP contribution >= 0.6 is 0 Å². The summed E-state index contributed by atoms with van der Waals surface area (Å²) >= 11 is 0. The van der Waals surface area contributed by atoms with Crippen molar-refractivity contribution in [1.29, 1.82) is 0 Å². The number of fused-ring (bicyclic) bond motifs is 4. The van der Waals surface area contributed by atoms with Crippen LogP contribution in [0.4, 0.5) is 5.69 Å². The fourth-order valence-corrected chi connectivity index (χ4v) is 4.73. The average Bonchev–Trinajstić information content (AvgIpc) is 2.73. The lowest BCUT2D eigenvalue weighted by Gasteiger charge is -2.29. The number of anilines is 1. The van der Waals surface area contributed by atoms with Crippen molar-refractivity contribution in [3.63, 3.8) is 0 Å². The molecule has 0 saturated heterocycles. The lowest BCUT2D eigenvalue weighted by molar-refractivity contribution is 0.414. The number of methoxy groups -OCH3 is 1. The average molecular weight is 377 g/mol. The van der Waals surface area contributed by atoms with E-state index in [-0.39, 0.29) is 5.48 Å². The molecule has 0 atom stereocenters. The smallest absolute Gasteiger partial charge is 0.119 e. The van der Waals surface area contributed by atoms with Crippen molar-refractivity contribution >= 4 is 16.6 Å². The van der Waals surface area contributed by atoms with Gasteiger partial charge in [0.15, 0.2) is 0 Å². The van der Waals surface area contributed by atoms with Gasteiger partial charge in [-0.2, -0.15) is 0 Å². The van der Waals surface area contributed by atoms with E-state index in [0.717, 1.165) is 29.8 Å². The maximum Gasteiger partial charge on any atom is 0.119 e. The van der Waals surface area contributed by atoms with Gasteiger partial charge >= 0.3 is 0 Å². The van der Waals surface area contributed by atoms with E-state index >= 15 is 0 Å². The summed E-state index contributed by atoms with van der Waals surface area (Å²) in [4.78, 5) is 5.09. The molecule has 0 amide bonds. The molecule has 2 aliphatic carbocycles. The highest BCUT2D eigenvalue weighted by Crippen LogP contribution is 2.41. The number of hydrogen-bond acceptors (Lipinski definition) is 3. The highest BCUT2D eigenvalue weighted by atomic mass is 16.5. The van der Waals surface area contributed by atoms with Crippen LogP contribution in [-0.4, -0.2) is 23.6 Å². The third kappa shape index (κ3) is 3.22. The number of aryl methyl sites for hydroxylation is 1. The minimum Gasteiger partial charge on any atom is -0.497 e. The highest BCUT2D eigenvalue weighted by molar-refractivity contribution is 5.97. The maximum atomic E-state index is 5.43. The molecule has 146 valence electrons. The van der Waals surface area contributed by atoms with Gasteiger partial charge in [-0.15, -0.1) is 0 Å². The Bertz CT molecular complexity index is 993. The van der Waals surface area contributed by atoms with Gasteiger partial charge in [0.25, 0.3) is 0 Å². The lowest BCUT2D eigenvalue weighted by atomic mass is 9.86. The third-order valence-electron chi connectivity index (χ3n) is 6.16. The second-order valence-electron chi connectivity index (χ2n) is 7.83. The molecule has 0 unspecified atom stereocenters.